The molecule has 3 N–H and O–H groups in total. The van der Waals surface area contributed by atoms with Gasteiger partial charge in [0, 0.05) is 0 Å². The van der Waals surface area contributed by atoms with E-state index in [1.165, 1.54) is 18.2 Å². The van der Waals surface area contributed by atoms with Crippen LogP contribution in [0.15, 0.2) is 41.3 Å². The number of halogens is 1. The summed E-state index contributed by atoms with van der Waals surface area (Å²) >= 11 is 5.86. The van der Waals surface area contributed by atoms with E-state index < -0.39 is 10.0 Å². The number of anilines is 2. The molecule has 5 nitrogen and oxygen atoms in total. The van der Waals surface area contributed by atoms with Crippen molar-refractivity contribution in [1.82, 2.24) is 0 Å². The van der Waals surface area contributed by atoms with Crippen LogP contribution in [0.25, 0.3) is 0 Å². The quantitative estimate of drug-likeness (QED) is 0.849. The Hall–Kier alpha value is -2.23. The van der Waals surface area contributed by atoms with Gasteiger partial charge in [0.05, 0.1) is 32.9 Å². The highest BCUT2D eigenvalue weighted by Crippen LogP contribution is 2.27. The van der Waals surface area contributed by atoms with Crippen LogP contribution in [-0.2, 0) is 10.0 Å². The van der Waals surface area contributed by atoms with Gasteiger partial charge in [0.2, 0.25) is 0 Å². The molecule has 0 aromatic heterocycles. The molecular formula is C14H12ClN3O2S. The minimum atomic E-state index is -3.81. The number of hydrogen-bond acceptors (Lipinski definition) is 4. The molecule has 7 heteroatoms. The Kier molecular flexibility index (Phi) is 4.07. The number of hydrogen-bond donors (Lipinski definition) is 2. The summed E-state index contributed by atoms with van der Waals surface area (Å²) in [5.74, 6) is 0. The maximum atomic E-state index is 12.4. The molecule has 0 aliphatic heterocycles. The normalized spacial score (nSPS) is 10.9. The van der Waals surface area contributed by atoms with Crippen molar-refractivity contribution in [2.75, 3.05) is 10.5 Å². The van der Waals surface area contributed by atoms with E-state index in [1.54, 1.807) is 25.1 Å². The van der Waals surface area contributed by atoms with Gasteiger partial charge < -0.3 is 5.73 Å². The number of nitrogens with zero attached hydrogens (tertiary/aromatic N) is 1. The first-order valence-corrected chi connectivity index (χ1v) is 7.78. The SMILES string of the molecule is Cc1cc(Cl)c(N)cc1S(=O)(=O)Nc1cccc(C#N)c1. The lowest BCUT2D eigenvalue weighted by Crippen LogP contribution is -2.14. The van der Waals surface area contributed by atoms with Gasteiger partial charge in [0.15, 0.2) is 0 Å². The third-order valence-corrected chi connectivity index (χ3v) is 4.68. The van der Waals surface area contributed by atoms with Crippen LogP contribution < -0.4 is 10.5 Å². The number of benzene rings is 2. The van der Waals surface area contributed by atoms with Crippen molar-refractivity contribution in [1.29, 1.82) is 5.26 Å². The fourth-order valence-electron chi connectivity index (χ4n) is 1.82. The molecule has 21 heavy (non-hydrogen) atoms. The van der Waals surface area contributed by atoms with Crippen LogP contribution in [0, 0.1) is 18.3 Å². The molecule has 0 fully saturated rings. The van der Waals surface area contributed by atoms with Crippen molar-refractivity contribution in [2.24, 2.45) is 0 Å². The van der Waals surface area contributed by atoms with Gasteiger partial charge in [0.1, 0.15) is 0 Å². The second-order valence-electron chi connectivity index (χ2n) is 4.44. The Labute approximate surface area is 128 Å². The van der Waals surface area contributed by atoms with E-state index >= 15 is 0 Å². The standard InChI is InChI=1S/C14H12ClN3O2S/c1-9-5-12(15)13(17)7-14(9)21(19,20)18-11-4-2-3-10(6-11)8-16/h2-7,18H,17H2,1H3. The van der Waals surface area contributed by atoms with Gasteiger partial charge in [-0.3, -0.25) is 4.72 Å². The van der Waals surface area contributed by atoms with Crippen molar-refractivity contribution in [2.45, 2.75) is 11.8 Å². The molecule has 0 amide bonds. The Bertz CT molecular complexity index is 842. The Morgan fingerprint density at radius 1 is 1.29 bits per heavy atom. The molecule has 0 spiro atoms. The van der Waals surface area contributed by atoms with Crippen molar-refractivity contribution < 1.29 is 8.42 Å². The lowest BCUT2D eigenvalue weighted by atomic mass is 10.2. The Balaban J connectivity index is 2.43. The summed E-state index contributed by atoms with van der Waals surface area (Å²) in [6.07, 6.45) is 0. The predicted molar refractivity (Wildman–Crippen MR) is 82.6 cm³/mol. The molecule has 0 heterocycles. The van der Waals surface area contributed by atoms with Crippen LogP contribution in [0.2, 0.25) is 5.02 Å². The van der Waals surface area contributed by atoms with Crippen LogP contribution in [0.4, 0.5) is 11.4 Å². The van der Waals surface area contributed by atoms with Crippen LogP contribution in [0.3, 0.4) is 0 Å². The molecular weight excluding hydrogens is 310 g/mol. The van der Waals surface area contributed by atoms with Crippen molar-refractivity contribution in [3.8, 4) is 6.07 Å². The van der Waals surface area contributed by atoms with E-state index in [2.05, 4.69) is 4.72 Å². The molecule has 2 rings (SSSR count). The van der Waals surface area contributed by atoms with Crippen LogP contribution in [0.1, 0.15) is 11.1 Å². The molecule has 0 unspecified atom stereocenters. The largest absolute Gasteiger partial charge is 0.397 e. The van der Waals surface area contributed by atoms with E-state index in [0.29, 0.717) is 21.8 Å². The maximum absolute atomic E-state index is 12.4. The molecule has 2 aromatic rings. The molecule has 0 radical (unpaired) electrons. The first-order valence-electron chi connectivity index (χ1n) is 5.92. The molecule has 0 aliphatic rings. The van der Waals surface area contributed by atoms with Gasteiger partial charge in [-0.1, -0.05) is 17.7 Å². The zero-order chi connectivity index (χ0) is 15.6. The van der Waals surface area contributed by atoms with E-state index in [1.807, 2.05) is 6.07 Å². The monoisotopic (exact) mass is 321 g/mol. The van der Waals surface area contributed by atoms with E-state index in [4.69, 9.17) is 22.6 Å². The maximum Gasteiger partial charge on any atom is 0.262 e. The van der Waals surface area contributed by atoms with E-state index in [0.717, 1.165) is 0 Å². The second-order valence-corrected chi connectivity index (χ2v) is 6.50. The van der Waals surface area contributed by atoms with E-state index in [-0.39, 0.29) is 10.6 Å². The highest BCUT2D eigenvalue weighted by molar-refractivity contribution is 7.92. The smallest absolute Gasteiger partial charge is 0.262 e. The van der Waals surface area contributed by atoms with Crippen molar-refractivity contribution in [3.05, 3.63) is 52.5 Å². The number of nitrogen functional groups attached to an aromatic ring is 1. The zero-order valence-electron chi connectivity index (χ0n) is 11.1. The topological polar surface area (TPSA) is 96.0 Å². The highest BCUT2D eigenvalue weighted by atomic mass is 35.5. The zero-order valence-corrected chi connectivity index (χ0v) is 12.7. The third kappa shape index (κ3) is 3.27. The van der Waals surface area contributed by atoms with Gasteiger partial charge >= 0.3 is 0 Å². The summed E-state index contributed by atoms with van der Waals surface area (Å²) in [6, 6.07) is 11.0. The molecule has 0 saturated carbocycles. The van der Waals surface area contributed by atoms with Crippen LogP contribution in [0.5, 0.6) is 0 Å². The number of nitriles is 1. The van der Waals surface area contributed by atoms with Gasteiger partial charge in [-0.2, -0.15) is 5.26 Å². The predicted octanol–water partition coefficient (Wildman–Crippen LogP) is 2.90. The first-order chi connectivity index (χ1) is 9.83. The molecule has 0 bridgehead atoms. The second kappa shape index (κ2) is 5.64. The number of rotatable bonds is 3. The molecule has 2 aromatic carbocycles. The Morgan fingerprint density at radius 3 is 2.67 bits per heavy atom. The van der Waals surface area contributed by atoms with Crippen LogP contribution >= 0.6 is 11.6 Å². The molecule has 0 atom stereocenters. The number of aryl methyl sites for hydroxylation is 1. The third-order valence-electron chi connectivity index (χ3n) is 2.83. The van der Waals surface area contributed by atoms with Crippen molar-refractivity contribution in [3.63, 3.8) is 0 Å². The minimum absolute atomic E-state index is 0.0479. The van der Waals surface area contributed by atoms with Crippen molar-refractivity contribution >= 4 is 33.0 Å². The lowest BCUT2D eigenvalue weighted by molar-refractivity contribution is 0.600. The van der Waals surface area contributed by atoms with Gasteiger partial charge in [-0.25, -0.2) is 8.42 Å². The summed E-state index contributed by atoms with van der Waals surface area (Å²) < 4.78 is 27.2. The highest BCUT2D eigenvalue weighted by Gasteiger charge is 2.18. The average Bonchev–Trinajstić information content (AvgIpc) is 2.42. The van der Waals surface area contributed by atoms with Gasteiger partial charge in [-0.15, -0.1) is 0 Å². The molecule has 0 aliphatic carbocycles. The number of nitrogens with one attached hydrogen (secondary N) is 1. The van der Waals surface area contributed by atoms with E-state index in [9.17, 15) is 8.42 Å². The average molecular weight is 322 g/mol. The summed E-state index contributed by atoms with van der Waals surface area (Å²) in [5.41, 5.74) is 7.00. The summed E-state index contributed by atoms with van der Waals surface area (Å²) in [6.45, 7) is 1.63. The summed E-state index contributed by atoms with van der Waals surface area (Å²) in [5, 5.41) is 9.13. The fraction of sp³-hybridized carbons (Fsp3) is 0.0714. The van der Waals surface area contributed by atoms with Gasteiger partial charge in [-0.05, 0) is 42.8 Å². The Morgan fingerprint density at radius 2 is 2.00 bits per heavy atom. The van der Waals surface area contributed by atoms with Crippen LogP contribution in [-0.4, -0.2) is 8.42 Å². The molecule has 108 valence electrons. The first kappa shape index (κ1) is 15.2. The summed E-state index contributed by atoms with van der Waals surface area (Å²) in [4.78, 5) is 0.0479. The van der Waals surface area contributed by atoms with Gasteiger partial charge in [0.25, 0.3) is 10.0 Å². The fourth-order valence-corrected chi connectivity index (χ4v) is 3.35. The molecule has 0 saturated heterocycles. The minimum Gasteiger partial charge on any atom is -0.397 e. The number of nitrogens with two attached hydrogens (primary N) is 1. The lowest BCUT2D eigenvalue weighted by Gasteiger charge is -2.12. The summed E-state index contributed by atoms with van der Waals surface area (Å²) in [7, 11) is -3.81. The number of sulfonamides is 1.